The summed E-state index contributed by atoms with van der Waals surface area (Å²) >= 11 is 8.32. The number of nitrogens with zero attached hydrogens (tertiary/aromatic N) is 2. The zero-order valence-electron chi connectivity index (χ0n) is 19.1. The Hall–Kier alpha value is -1.50. The van der Waals surface area contributed by atoms with Gasteiger partial charge in [0.2, 0.25) is 5.91 Å². The molecule has 2 aliphatic rings. The third kappa shape index (κ3) is 5.05. The van der Waals surface area contributed by atoms with E-state index in [9.17, 15) is 18.0 Å². The van der Waals surface area contributed by atoms with Crippen molar-refractivity contribution in [2.24, 2.45) is 0 Å². The molecule has 2 aromatic rings. The number of carbonyl (C=O) groups excluding carboxylic acids is 2. The summed E-state index contributed by atoms with van der Waals surface area (Å²) in [6.45, 7) is 4.91. The first-order valence-electron chi connectivity index (χ1n) is 11.3. The SMILES string of the molecule is CCCN1CCc2c(sc(NC(=O)C3CCCCN3S(=O)(=O)c3ccc(Cl)s3)c2C(=O)OC)C1. The number of halogens is 1. The van der Waals surface area contributed by atoms with Gasteiger partial charge in [-0.25, -0.2) is 13.2 Å². The lowest BCUT2D eigenvalue weighted by atomic mass is 10.0. The fourth-order valence-corrected chi connectivity index (χ4v) is 9.12. The maximum absolute atomic E-state index is 13.4. The molecule has 34 heavy (non-hydrogen) atoms. The number of hydrogen-bond acceptors (Lipinski definition) is 8. The van der Waals surface area contributed by atoms with Crippen LogP contribution in [-0.4, -0.2) is 62.3 Å². The highest BCUT2D eigenvalue weighted by atomic mass is 35.5. The lowest BCUT2D eigenvalue weighted by Crippen LogP contribution is -2.49. The maximum Gasteiger partial charge on any atom is 0.341 e. The minimum atomic E-state index is -3.86. The second-order valence-corrected chi connectivity index (χ2v) is 13.3. The third-order valence-corrected chi connectivity index (χ3v) is 10.9. The molecule has 12 heteroatoms. The van der Waals surface area contributed by atoms with E-state index >= 15 is 0 Å². The molecule has 0 radical (unpaired) electrons. The largest absolute Gasteiger partial charge is 0.465 e. The second-order valence-electron chi connectivity index (χ2n) is 8.40. The fraction of sp³-hybridized carbons (Fsp3) is 0.545. The molecule has 0 spiro atoms. The van der Waals surface area contributed by atoms with Crippen LogP contribution in [0.4, 0.5) is 5.00 Å². The van der Waals surface area contributed by atoms with Gasteiger partial charge >= 0.3 is 5.97 Å². The number of hydrogen-bond donors (Lipinski definition) is 1. The molecule has 2 aromatic heterocycles. The number of nitrogens with one attached hydrogen (secondary N) is 1. The molecule has 0 aromatic carbocycles. The quantitative estimate of drug-likeness (QED) is 0.524. The minimum Gasteiger partial charge on any atom is -0.465 e. The number of thiophene rings is 2. The second kappa shape index (κ2) is 10.6. The van der Waals surface area contributed by atoms with E-state index < -0.39 is 27.9 Å². The maximum atomic E-state index is 13.4. The van der Waals surface area contributed by atoms with Gasteiger partial charge in [0.1, 0.15) is 15.3 Å². The number of piperidine rings is 1. The van der Waals surface area contributed by atoms with Crippen LogP contribution in [0, 0.1) is 0 Å². The lowest BCUT2D eigenvalue weighted by molar-refractivity contribution is -0.120. The van der Waals surface area contributed by atoms with E-state index in [0.717, 1.165) is 54.3 Å². The highest BCUT2D eigenvalue weighted by Crippen LogP contribution is 2.38. The summed E-state index contributed by atoms with van der Waals surface area (Å²) in [6, 6.07) is 2.15. The monoisotopic (exact) mass is 545 g/mol. The van der Waals surface area contributed by atoms with Crippen molar-refractivity contribution in [3.63, 3.8) is 0 Å². The summed E-state index contributed by atoms with van der Waals surface area (Å²) < 4.78 is 33.3. The van der Waals surface area contributed by atoms with Crippen molar-refractivity contribution in [3.05, 3.63) is 32.5 Å². The Balaban J connectivity index is 1.61. The van der Waals surface area contributed by atoms with Crippen molar-refractivity contribution in [3.8, 4) is 0 Å². The molecule has 1 unspecified atom stereocenters. The fourth-order valence-electron chi connectivity index (χ4n) is 4.57. The minimum absolute atomic E-state index is 0.120. The van der Waals surface area contributed by atoms with Gasteiger partial charge in [-0.3, -0.25) is 9.69 Å². The molecule has 2 aliphatic heterocycles. The van der Waals surface area contributed by atoms with Crippen LogP contribution in [0.1, 0.15) is 53.4 Å². The van der Waals surface area contributed by atoms with Gasteiger partial charge in [0, 0.05) is 24.5 Å². The molecular formula is C22H28ClN3O5S3. The average molecular weight is 546 g/mol. The number of amides is 1. The van der Waals surface area contributed by atoms with Crippen LogP contribution in [0.5, 0.6) is 0 Å². The van der Waals surface area contributed by atoms with Gasteiger partial charge in [0.25, 0.3) is 10.0 Å². The van der Waals surface area contributed by atoms with Crippen LogP contribution in [0.25, 0.3) is 0 Å². The molecule has 186 valence electrons. The molecule has 4 heterocycles. The highest BCUT2D eigenvalue weighted by molar-refractivity contribution is 7.91. The van der Waals surface area contributed by atoms with Gasteiger partial charge < -0.3 is 10.1 Å². The Morgan fingerprint density at radius 2 is 2.03 bits per heavy atom. The summed E-state index contributed by atoms with van der Waals surface area (Å²) in [5, 5.41) is 3.32. The summed E-state index contributed by atoms with van der Waals surface area (Å²) in [6.07, 6.45) is 3.57. The highest BCUT2D eigenvalue weighted by Gasteiger charge is 2.39. The molecule has 1 N–H and O–H groups in total. The van der Waals surface area contributed by atoms with Gasteiger partial charge in [-0.05, 0) is 49.9 Å². The van der Waals surface area contributed by atoms with Gasteiger partial charge in [-0.2, -0.15) is 4.31 Å². The Labute approximate surface area is 212 Å². The van der Waals surface area contributed by atoms with Gasteiger partial charge in [0.15, 0.2) is 0 Å². The summed E-state index contributed by atoms with van der Waals surface area (Å²) in [7, 11) is -2.54. The Morgan fingerprint density at radius 1 is 1.24 bits per heavy atom. The van der Waals surface area contributed by atoms with E-state index in [0.29, 0.717) is 34.2 Å². The first-order chi connectivity index (χ1) is 16.3. The first kappa shape index (κ1) is 25.6. The smallest absolute Gasteiger partial charge is 0.341 e. The van der Waals surface area contributed by atoms with E-state index in [4.69, 9.17) is 16.3 Å². The van der Waals surface area contributed by atoms with Crippen LogP contribution in [0.15, 0.2) is 16.3 Å². The van der Waals surface area contributed by atoms with Crippen LogP contribution in [0.2, 0.25) is 4.34 Å². The van der Waals surface area contributed by atoms with E-state index in [-0.39, 0.29) is 10.8 Å². The summed E-state index contributed by atoms with van der Waals surface area (Å²) in [5.74, 6) is -0.918. The van der Waals surface area contributed by atoms with E-state index in [1.807, 2.05) is 0 Å². The Bertz CT molecular complexity index is 1180. The summed E-state index contributed by atoms with van der Waals surface area (Å²) in [5.41, 5.74) is 1.31. The van der Waals surface area contributed by atoms with Crippen molar-refractivity contribution in [2.75, 3.05) is 32.1 Å². The number of fused-ring (bicyclic) bond motifs is 1. The van der Waals surface area contributed by atoms with Crippen molar-refractivity contribution in [2.45, 2.75) is 55.8 Å². The average Bonchev–Trinajstić information content (AvgIpc) is 3.42. The normalized spacial score (nSPS) is 19.6. The number of rotatable bonds is 7. The molecule has 1 amide bonds. The lowest BCUT2D eigenvalue weighted by Gasteiger charge is -2.33. The van der Waals surface area contributed by atoms with E-state index in [1.165, 1.54) is 28.8 Å². The molecule has 8 nitrogen and oxygen atoms in total. The predicted molar refractivity (Wildman–Crippen MR) is 134 cm³/mol. The van der Waals surface area contributed by atoms with Crippen molar-refractivity contribution in [1.82, 2.24) is 9.21 Å². The number of ether oxygens (including phenoxy) is 1. The third-order valence-electron chi connectivity index (χ3n) is 6.17. The van der Waals surface area contributed by atoms with Crippen LogP contribution in [0.3, 0.4) is 0 Å². The van der Waals surface area contributed by atoms with E-state index in [2.05, 4.69) is 17.1 Å². The standard InChI is InChI=1S/C22H28ClN3O5S3/c1-3-10-25-12-9-14-16(13-25)32-21(19(14)22(28)31-2)24-20(27)15-6-4-5-11-26(15)34(29,30)18-8-7-17(23)33-18/h7-8,15H,3-6,9-13H2,1-2H3,(H,24,27). The predicted octanol–water partition coefficient (Wildman–Crippen LogP) is 4.20. The number of methoxy groups -OCH3 is 1. The van der Waals surface area contributed by atoms with Gasteiger partial charge in [-0.1, -0.05) is 24.9 Å². The zero-order chi connectivity index (χ0) is 24.5. The van der Waals surface area contributed by atoms with E-state index in [1.54, 1.807) is 6.07 Å². The molecule has 0 aliphatic carbocycles. The molecular weight excluding hydrogens is 518 g/mol. The van der Waals surface area contributed by atoms with Crippen LogP contribution >= 0.6 is 34.3 Å². The van der Waals surface area contributed by atoms with Crippen molar-refractivity contribution >= 4 is 61.2 Å². The molecule has 1 atom stereocenters. The number of esters is 1. The van der Waals surface area contributed by atoms with Gasteiger partial charge in [-0.15, -0.1) is 22.7 Å². The number of anilines is 1. The number of sulfonamides is 1. The van der Waals surface area contributed by atoms with Crippen molar-refractivity contribution in [1.29, 1.82) is 0 Å². The first-order valence-corrected chi connectivity index (χ1v) is 14.7. The molecule has 1 saturated heterocycles. The summed E-state index contributed by atoms with van der Waals surface area (Å²) in [4.78, 5) is 29.4. The Kier molecular flexibility index (Phi) is 8.00. The molecule has 0 saturated carbocycles. The van der Waals surface area contributed by atoms with Gasteiger partial charge in [0.05, 0.1) is 17.0 Å². The van der Waals surface area contributed by atoms with Crippen LogP contribution in [-0.2, 0) is 32.5 Å². The molecule has 1 fully saturated rings. The molecule has 0 bridgehead atoms. The topological polar surface area (TPSA) is 96.0 Å². The number of carbonyl (C=O) groups is 2. The molecule has 4 rings (SSSR count). The Morgan fingerprint density at radius 3 is 2.71 bits per heavy atom. The van der Waals surface area contributed by atoms with Crippen LogP contribution < -0.4 is 5.32 Å². The van der Waals surface area contributed by atoms with Crippen molar-refractivity contribution < 1.29 is 22.7 Å². The zero-order valence-corrected chi connectivity index (χ0v) is 22.3.